The number of unbranched alkanes of at least 4 members (excludes halogenated alkanes) is 1. The van der Waals surface area contributed by atoms with Gasteiger partial charge in [-0.3, -0.25) is 4.57 Å². The van der Waals surface area contributed by atoms with Crippen molar-refractivity contribution in [1.29, 1.82) is 0 Å². The summed E-state index contributed by atoms with van der Waals surface area (Å²) >= 11 is 12.1. The number of hydrogen-bond donors (Lipinski definition) is 1. The molecular formula is C19H29Cl2O4P. The fraction of sp³-hybridized carbons (Fsp3) is 0.579. The van der Waals surface area contributed by atoms with Gasteiger partial charge >= 0.3 is 7.60 Å². The van der Waals surface area contributed by atoms with E-state index in [0.717, 1.165) is 24.8 Å². The van der Waals surface area contributed by atoms with Gasteiger partial charge in [-0.1, -0.05) is 48.2 Å². The molecule has 4 nitrogen and oxygen atoms in total. The lowest BCUT2D eigenvalue weighted by molar-refractivity contribution is 0.167. The van der Waals surface area contributed by atoms with Gasteiger partial charge in [0.15, 0.2) is 0 Å². The minimum absolute atomic E-state index is 0.317. The quantitative estimate of drug-likeness (QED) is 0.363. The standard InChI is InChI=1S/C19H29Cl2O4P/c1-4-7-8-15(14-26(23,24-5-2)25-6-3)9-12-19(22)17-11-10-16(20)13-18(17)21/h10-11,13-14,19,22H,4-9,12H2,1-3H3. The van der Waals surface area contributed by atoms with E-state index in [1.807, 2.05) is 0 Å². The molecule has 0 aliphatic heterocycles. The number of halogens is 2. The highest BCUT2D eigenvalue weighted by molar-refractivity contribution is 7.57. The van der Waals surface area contributed by atoms with E-state index >= 15 is 0 Å². The third kappa shape index (κ3) is 8.12. The molecule has 148 valence electrons. The summed E-state index contributed by atoms with van der Waals surface area (Å²) in [5.74, 6) is 1.63. The molecule has 0 radical (unpaired) electrons. The van der Waals surface area contributed by atoms with Gasteiger partial charge in [0.2, 0.25) is 0 Å². The van der Waals surface area contributed by atoms with Crippen molar-refractivity contribution in [1.82, 2.24) is 0 Å². The summed E-state index contributed by atoms with van der Waals surface area (Å²) in [4.78, 5) is 0. The molecule has 1 atom stereocenters. The van der Waals surface area contributed by atoms with E-state index in [-0.39, 0.29) is 0 Å². The van der Waals surface area contributed by atoms with Gasteiger partial charge in [0.05, 0.1) is 19.3 Å². The van der Waals surface area contributed by atoms with Crippen molar-refractivity contribution in [3.05, 3.63) is 45.2 Å². The van der Waals surface area contributed by atoms with E-state index in [9.17, 15) is 9.67 Å². The molecule has 7 heteroatoms. The molecule has 0 aromatic heterocycles. The van der Waals surface area contributed by atoms with Crippen LogP contribution in [0.3, 0.4) is 0 Å². The Labute approximate surface area is 167 Å². The molecule has 0 fully saturated rings. The van der Waals surface area contributed by atoms with E-state index in [2.05, 4.69) is 6.92 Å². The third-order valence-corrected chi connectivity index (χ3v) is 6.35. The van der Waals surface area contributed by atoms with Crippen LogP contribution in [-0.4, -0.2) is 18.3 Å². The molecule has 1 rings (SSSR count). The van der Waals surface area contributed by atoms with Crippen LogP contribution in [-0.2, 0) is 13.6 Å². The number of aliphatic hydroxyl groups is 1. The summed E-state index contributed by atoms with van der Waals surface area (Å²) in [5, 5.41) is 11.5. The lowest BCUT2D eigenvalue weighted by Crippen LogP contribution is -2.01. The molecule has 0 aliphatic rings. The zero-order valence-corrected chi connectivity index (χ0v) is 18.1. The SMILES string of the molecule is CCCCC(=CP(=O)(OCC)OCC)CCC(O)c1ccc(Cl)cc1Cl. The highest BCUT2D eigenvalue weighted by Crippen LogP contribution is 2.51. The van der Waals surface area contributed by atoms with Gasteiger partial charge in [-0.25, -0.2) is 0 Å². The topological polar surface area (TPSA) is 55.8 Å². The van der Waals surface area contributed by atoms with E-state index in [1.54, 1.807) is 37.9 Å². The predicted octanol–water partition coefficient (Wildman–Crippen LogP) is 7.15. The summed E-state index contributed by atoms with van der Waals surface area (Å²) in [6.45, 7) is 6.31. The van der Waals surface area contributed by atoms with Crippen molar-refractivity contribution < 1.29 is 18.7 Å². The Balaban J connectivity index is 2.89. The lowest BCUT2D eigenvalue weighted by Gasteiger charge is -2.17. The van der Waals surface area contributed by atoms with Crippen molar-refractivity contribution in [3.8, 4) is 0 Å². The molecule has 0 saturated carbocycles. The minimum atomic E-state index is -3.25. The second-order valence-electron chi connectivity index (χ2n) is 5.99. The molecule has 0 amide bonds. The van der Waals surface area contributed by atoms with Crippen molar-refractivity contribution in [2.75, 3.05) is 13.2 Å². The van der Waals surface area contributed by atoms with Crippen LogP contribution in [0, 0.1) is 0 Å². The first-order chi connectivity index (χ1) is 12.3. The largest absolute Gasteiger partial charge is 0.388 e. The van der Waals surface area contributed by atoms with Crippen LogP contribution in [0.25, 0.3) is 0 Å². The van der Waals surface area contributed by atoms with Gasteiger partial charge in [-0.15, -0.1) is 0 Å². The molecule has 0 heterocycles. The van der Waals surface area contributed by atoms with E-state index in [1.165, 1.54) is 0 Å². The maximum absolute atomic E-state index is 12.8. The molecule has 1 aromatic carbocycles. The maximum atomic E-state index is 12.8. The molecule has 1 aromatic rings. The summed E-state index contributed by atoms with van der Waals surface area (Å²) in [7, 11) is -3.25. The zero-order chi connectivity index (χ0) is 19.6. The monoisotopic (exact) mass is 422 g/mol. The van der Waals surface area contributed by atoms with Gasteiger partial charge in [0.1, 0.15) is 0 Å². The second kappa shape index (κ2) is 12.2. The van der Waals surface area contributed by atoms with Gasteiger partial charge < -0.3 is 14.2 Å². The van der Waals surface area contributed by atoms with E-state index < -0.39 is 13.7 Å². The molecule has 1 N–H and O–H groups in total. The third-order valence-electron chi connectivity index (χ3n) is 3.87. The van der Waals surface area contributed by atoms with Crippen molar-refractivity contribution >= 4 is 30.8 Å². The minimum Gasteiger partial charge on any atom is -0.388 e. The molecule has 0 aliphatic carbocycles. The predicted molar refractivity (Wildman–Crippen MR) is 109 cm³/mol. The average molecular weight is 423 g/mol. The molecular weight excluding hydrogens is 394 g/mol. The molecule has 0 saturated heterocycles. The van der Waals surface area contributed by atoms with Crippen molar-refractivity contribution in [3.63, 3.8) is 0 Å². The van der Waals surface area contributed by atoms with Gasteiger partial charge in [0, 0.05) is 15.9 Å². The number of benzene rings is 1. The van der Waals surface area contributed by atoms with Crippen LogP contribution in [0.1, 0.15) is 64.5 Å². The Morgan fingerprint density at radius 3 is 2.38 bits per heavy atom. The van der Waals surface area contributed by atoms with Crippen LogP contribution in [0.2, 0.25) is 10.0 Å². The summed E-state index contributed by atoms with van der Waals surface area (Å²) < 4.78 is 23.5. The maximum Gasteiger partial charge on any atom is 0.354 e. The van der Waals surface area contributed by atoms with E-state index in [4.69, 9.17) is 32.2 Å². The summed E-state index contributed by atoms with van der Waals surface area (Å²) in [6.07, 6.45) is 3.13. The zero-order valence-electron chi connectivity index (χ0n) is 15.7. The van der Waals surface area contributed by atoms with Crippen LogP contribution in [0.4, 0.5) is 0 Å². The molecule has 26 heavy (non-hydrogen) atoms. The highest BCUT2D eigenvalue weighted by atomic mass is 35.5. The van der Waals surface area contributed by atoms with Crippen LogP contribution in [0.5, 0.6) is 0 Å². The number of aliphatic hydroxyl groups excluding tert-OH is 1. The van der Waals surface area contributed by atoms with Crippen LogP contribution >= 0.6 is 30.8 Å². The smallest absolute Gasteiger partial charge is 0.354 e. The molecule has 0 bridgehead atoms. The van der Waals surface area contributed by atoms with Gasteiger partial charge in [-0.2, -0.15) is 0 Å². The fourth-order valence-corrected chi connectivity index (χ4v) is 4.79. The Morgan fingerprint density at radius 1 is 1.19 bits per heavy atom. The molecule has 0 spiro atoms. The Hall–Kier alpha value is -0.350. The van der Waals surface area contributed by atoms with Crippen molar-refractivity contribution in [2.24, 2.45) is 0 Å². The fourth-order valence-electron chi connectivity index (χ4n) is 2.60. The Bertz CT molecular complexity index is 624. The second-order valence-corrected chi connectivity index (χ2v) is 8.68. The van der Waals surface area contributed by atoms with Crippen LogP contribution in [0.15, 0.2) is 29.6 Å². The summed E-state index contributed by atoms with van der Waals surface area (Å²) in [5.41, 5.74) is 1.62. The lowest BCUT2D eigenvalue weighted by atomic mass is 9.99. The van der Waals surface area contributed by atoms with Gasteiger partial charge in [0.25, 0.3) is 0 Å². The number of allylic oxidation sites excluding steroid dienone is 1. The Morgan fingerprint density at radius 2 is 1.85 bits per heavy atom. The normalized spacial score (nSPS) is 13.8. The highest BCUT2D eigenvalue weighted by Gasteiger charge is 2.22. The number of hydrogen-bond acceptors (Lipinski definition) is 4. The first kappa shape index (κ1) is 23.7. The van der Waals surface area contributed by atoms with Crippen LogP contribution < -0.4 is 0 Å². The van der Waals surface area contributed by atoms with Crippen molar-refractivity contribution in [2.45, 2.75) is 59.0 Å². The summed E-state index contributed by atoms with van der Waals surface area (Å²) in [6, 6.07) is 5.06. The van der Waals surface area contributed by atoms with Gasteiger partial charge in [-0.05, 0) is 57.2 Å². The Kier molecular flexibility index (Phi) is 11.1. The van der Waals surface area contributed by atoms with E-state index in [0.29, 0.717) is 41.7 Å². The first-order valence-electron chi connectivity index (χ1n) is 9.07. The first-order valence-corrected chi connectivity index (χ1v) is 11.4. The average Bonchev–Trinajstić information content (AvgIpc) is 2.57. The number of rotatable bonds is 12. The molecule has 1 unspecified atom stereocenters.